The van der Waals surface area contributed by atoms with Crippen molar-refractivity contribution in [3.05, 3.63) is 51.5 Å². The van der Waals surface area contributed by atoms with Crippen LogP contribution in [0.3, 0.4) is 0 Å². The van der Waals surface area contributed by atoms with E-state index in [0.29, 0.717) is 35.1 Å². The van der Waals surface area contributed by atoms with Gasteiger partial charge in [-0.05, 0) is 43.2 Å². The fraction of sp³-hybridized carbons (Fsp3) is 0.263. The Labute approximate surface area is 165 Å². The van der Waals surface area contributed by atoms with Crippen molar-refractivity contribution in [1.82, 2.24) is 0 Å². The number of nitrogens with one attached hydrogen (secondary N) is 1. The van der Waals surface area contributed by atoms with E-state index in [9.17, 15) is 9.59 Å². The first-order valence-electron chi connectivity index (χ1n) is 8.23. The summed E-state index contributed by atoms with van der Waals surface area (Å²) in [5, 5.41) is 3.26. The number of anilines is 2. The lowest BCUT2D eigenvalue weighted by molar-refractivity contribution is -0.118. The van der Waals surface area contributed by atoms with Crippen molar-refractivity contribution in [2.75, 3.05) is 23.4 Å². The molecule has 1 fully saturated rings. The number of hydrogen-bond donors (Lipinski definition) is 1. The Hall–Kier alpha value is -2.05. The minimum atomic E-state index is -0.317. The van der Waals surface area contributed by atoms with Crippen LogP contribution in [0.4, 0.5) is 11.4 Å². The number of carbonyl (C=O) groups is 2. The van der Waals surface area contributed by atoms with Gasteiger partial charge < -0.3 is 15.0 Å². The molecule has 3 rings (SSSR count). The molecule has 0 aromatic heterocycles. The van der Waals surface area contributed by atoms with Crippen LogP contribution in [-0.4, -0.2) is 25.0 Å². The summed E-state index contributed by atoms with van der Waals surface area (Å²) >= 11 is 9.54. The van der Waals surface area contributed by atoms with Gasteiger partial charge in [-0.15, -0.1) is 0 Å². The van der Waals surface area contributed by atoms with E-state index in [2.05, 4.69) is 21.2 Å². The van der Waals surface area contributed by atoms with Crippen LogP contribution in [0, 0.1) is 6.92 Å². The highest BCUT2D eigenvalue weighted by atomic mass is 79.9. The Morgan fingerprint density at radius 2 is 2.12 bits per heavy atom. The van der Waals surface area contributed by atoms with Crippen molar-refractivity contribution in [2.24, 2.45) is 0 Å². The third-order valence-corrected chi connectivity index (χ3v) is 4.82. The summed E-state index contributed by atoms with van der Waals surface area (Å²) < 4.78 is 6.45. The SMILES string of the molecule is Cc1cc(Br)cc(Cl)c1OCC(=O)Nc1ccccc1N1CCCC1=O. The smallest absolute Gasteiger partial charge is 0.262 e. The van der Waals surface area contributed by atoms with Crippen LogP contribution in [0.25, 0.3) is 0 Å². The topological polar surface area (TPSA) is 58.6 Å². The van der Waals surface area contributed by atoms with Gasteiger partial charge in [0.25, 0.3) is 5.91 Å². The molecular weight excluding hydrogens is 420 g/mol. The Balaban J connectivity index is 1.69. The molecule has 2 amide bonds. The maximum atomic E-state index is 12.3. The monoisotopic (exact) mass is 436 g/mol. The van der Waals surface area contributed by atoms with Crippen molar-refractivity contribution in [2.45, 2.75) is 19.8 Å². The minimum Gasteiger partial charge on any atom is -0.482 e. The van der Waals surface area contributed by atoms with Crippen LogP contribution >= 0.6 is 27.5 Å². The van der Waals surface area contributed by atoms with Gasteiger partial charge >= 0.3 is 0 Å². The predicted molar refractivity (Wildman–Crippen MR) is 106 cm³/mol. The van der Waals surface area contributed by atoms with Crippen LogP contribution < -0.4 is 15.0 Å². The number of aryl methyl sites for hydroxylation is 1. The van der Waals surface area contributed by atoms with Gasteiger partial charge in [-0.1, -0.05) is 39.7 Å². The Morgan fingerprint density at radius 1 is 1.35 bits per heavy atom. The molecule has 1 aliphatic heterocycles. The van der Waals surface area contributed by atoms with Crippen LogP contribution in [-0.2, 0) is 9.59 Å². The van der Waals surface area contributed by atoms with E-state index in [-0.39, 0.29) is 18.4 Å². The quantitative estimate of drug-likeness (QED) is 0.746. The van der Waals surface area contributed by atoms with Crippen LogP contribution in [0.15, 0.2) is 40.9 Å². The molecule has 0 spiro atoms. The number of ether oxygens (including phenoxy) is 1. The Bertz CT molecular complexity index is 833. The lowest BCUT2D eigenvalue weighted by Gasteiger charge is -2.20. The lowest BCUT2D eigenvalue weighted by atomic mass is 10.2. The zero-order chi connectivity index (χ0) is 18.7. The molecule has 0 saturated carbocycles. The van der Waals surface area contributed by atoms with Gasteiger partial charge in [0.2, 0.25) is 5.91 Å². The molecule has 2 aromatic carbocycles. The number of hydrogen-bond acceptors (Lipinski definition) is 3. The molecule has 136 valence electrons. The van der Waals surface area contributed by atoms with Gasteiger partial charge in [-0.2, -0.15) is 0 Å². The van der Waals surface area contributed by atoms with Crippen molar-refractivity contribution in [1.29, 1.82) is 0 Å². The van der Waals surface area contributed by atoms with Crippen molar-refractivity contribution in [3.63, 3.8) is 0 Å². The summed E-state index contributed by atoms with van der Waals surface area (Å²) in [4.78, 5) is 26.0. The molecule has 1 saturated heterocycles. The summed E-state index contributed by atoms with van der Waals surface area (Å²) in [6.07, 6.45) is 1.36. The summed E-state index contributed by atoms with van der Waals surface area (Å²) in [6.45, 7) is 2.35. The molecule has 0 atom stereocenters. The minimum absolute atomic E-state index is 0.0696. The third-order valence-electron chi connectivity index (χ3n) is 4.08. The Kier molecular flexibility index (Phi) is 5.84. The van der Waals surface area contributed by atoms with E-state index < -0.39 is 0 Å². The third kappa shape index (κ3) is 4.19. The summed E-state index contributed by atoms with van der Waals surface area (Å²) in [5.41, 5.74) is 2.14. The molecule has 2 aromatic rings. The maximum absolute atomic E-state index is 12.3. The molecule has 0 aliphatic carbocycles. The molecule has 7 heteroatoms. The van der Waals surface area contributed by atoms with Gasteiger partial charge in [-0.25, -0.2) is 0 Å². The second kappa shape index (κ2) is 8.10. The van der Waals surface area contributed by atoms with Gasteiger partial charge in [-0.3, -0.25) is 9.59 Å². The largest absolute Gasteiger partial charge is 0.482 e. The number of rotatable bonds is 5. The van der Waals surface area contributed by atoms with E-state index in [4.69, 9.17) is 16.3 Å². The van der Waals surface area contributed by atoms with E-state index in [1.807, 2.05) is 31.2 Å². The summed E-state index contributed by atoms with van der Waals surface area (Å²) in [7, 11) is 0. The number of amides is 2. The molecule has 1 N–H and O–H groups in total. The fourth-order valence-corrected chi connectivity index (χ4v) is 3.94. The molecule has 1 aliphatic rings. The number of nitrogens with zero attached hydrogens (tertiary/aromatic N) is 1. The summed E-state index contributed by atoms with van der Waals surface area (Å²) in [5.74, 6) is 0.232. The van der Waals surface area contributed by atoms with E-state index in [0.717, 1.165) is 16.5 Å². The standard InChI is InChI=1S/C19H18BrClN2O3/c1-12-9-13(20)10-14(21)19(12)26-11-17(24)22-15-5-2-3-6-16(15)23-8-4-7-18(23)25/h2-3,5-6,9-10H,4,7-8,11H2,1H3,(H,22,24). The van der Waals surface area contributed by atoms with Crippen LogP contribution in [0.2, 0.25) is 5.02 Å². The molecule has 1 heterocycles. The van der Waals surface area contributed by atoms with Crippen molar-refractivity contribution < 1.29 is 14.3 Å². The highest BCUT2D eigenvalue weighted by molar-refractivity contribution is 9.10. The molecule has 26 heavy (non-hydrogen) atoms. The zero-order valence-corrected chi connectivity index (χ0v) is 16.6. The van der Waals surface area contributed by atoms with Crippen LogP contribution in [0.5, 0.6) is 5.75 Å². The van der Waals surface area contributed by atoms with Crippen molar-refractivity contribution in [3.8, 4) is 5.75 Å². The number of para-hydroxylation sites is 2. The molecule has 0 radical (unpaired) electrons. The van der Waals surface area contributed by atoms with Gasteiger partial charge in [0.1, 0.15) is 5.75 Å². The molecular formula is C19H18BrClN2O3. The summed E-state index contributed by atoms with van der Waals surface area (Å²) in [6, 6.07) is 10.9. The predicted octanol–water partition coefficient (Wildman–Crippen LogP) is 4.56. The van der Waals surface area contributed by atoms with E-state index in [1.165, 1.54) is 0 Å². The number of carbonyl (C=O) groups excluding carboxylic acids is 2. The van der Waals surface area contributed by atoms with Gasteiger partial charge in [0.05, 0.1) is 16.4 Å². The number of halogens is 2. The number of benzene rings is 2. The van der Waals surface area contributed by atoms with Crippen LogP contribution in [0.1, 0.15) is 18.4 Å². The van der Waals surface area contributed by atoms with E-state index >= 15 is 0 Å². The Morgan fingerprint density at radius 3 is 2.81 bits per heavy atom. The molecule has 5 nitrogen and oxygen atoms in total. The first-order valence-corrected chi connectivity index (χ1v) is 9.40. The maximum Gasteiger partial charge on any atom is 0.262 e. The highest BCUT2D eigenvalue weighted by Gasteiger charge is 2.24. The average molecular weight is 438 g/mol. The van der Waals surface area contributed by atoms with Gasteiger partial charge in [0, 0.05) is 17.4 Å². The molecule has 0 unspecified atom stereocenters. The normalized spacial score (nSPS) is 13.8. The lowest BCUT2D eigenvalue weighted by Crippen LogP contribution is -2.27. The van der Waals surface area contributed by atoms with E-state index in [1.54, 1.807) is 17.0 Å². The molecule has 0 bridgehead atoms. The first kappa shape index (κ1) is 18.7. The van der Waals surface area contributed by atoms with Gasteiger partial charge in [0.15, 0.2) is 6.61 Å². The second-order valence-electron chi connectivity index (χ2n) is 6.04. The van der Waals surface area contributed by atoms with Crippen molar-refractivity contribution >= 4 is 50.7 Å². The highest BCUT2D eigenvalue weighted by Crippen LogP contribution is 2.32. The first-order chi connectivity index (χ1) is 12.5. The fourth-order valence-electron chi connectivity index (χ4n) is 2.91. The zero-order valence-electron chi connectivity index (χ0n) is 14.2. The second-order valence-corrected chi connectivity index (χ2v) is 7.36. The average Bonchev–Trinajstić information content (AvgIpc) is 3.00.